The molecule has 0 unspecified atom stereocenters. The first kappa shape index (κ1) is 19.5. The zero-order valence-electron chi connectivity index (χ0n) is 14.2. The highest BCUT2D eigenvalue weighted by Crippen LogP contribution is 2.31. The molecule has 140 valence electrons. The fourth-order valence-corrected chi connectivity index (χ4v) is 3.36. The van der Waals surface area contributed by atoms with E-state index in [1.54, 1.807) is 36.4 Å². The van der Waals surface area contributed by atoms with Crippen molar-refractivity contribution in [2.75, 3.05) is 6.61 Å². The second-order valence-corrected chi connectivity index (χ2v) is 6.87. The third-order valence-electron chi connectivity index (χ3n) is 3.56. The summed E-state index contributed by atoms with van der Waals surface area (Å²) in [6, 6.07) is 13.3. The van der Waals surface area contributed by atoms with E-state index in [-0.39, 0.29) is 23.1 Å². The summed E-state index contributed by atoms with van der Waals surface area (Å²) in [5.41, 5.74) is 0.928. The molecule has 0 aromatic heterocycles. The number of aromatic carboxylic acids is 1. The maximum absolute atomic E-state index is 12.2. The predicted octanol–water partition coefficient (Wildman–Crippen LogP) is 3.83. The van der Waals surface area contributed by atoms with E-state index < -0.39 is 5.97 Å². The van der Waals surface area contributed by atoms with Crippen molar-refractivity contribution in [2.45, 2.75) is 0 Å². The fraction of sp³-hybridized carbons (Fsp3) is 0.0526. The minimum atomic E-state index is -1.16. The Morgan fingerprint density at radius 3 is 2.89 bits per heavy atom. The number of carboxylic acid groups (broad SMARTS) is 1. The van der Waals surface area contributed by atoms with Crippen LogP contribution in [0.4, 0.5) is 5.69 Å². The van der Waals surface area contributed by atoms with E-state index in [4.69, 9.17) is 26.7 Å². The molecule has 0 radical (unpaired) electrons. The first-order valence-corrected chi connectivity index (χ1v) is 9.08. The molecule has 2 aromatic rings. The van der Waals surface area contributed by atoms with Crippen molar-refractivity contribution in [1.29, 1.82) is 5.26 Å². The van der Waals surface area contributed by atoms with Crippen LogP contribution >= 0.6 is 23.4 Å². The summed E-state index contributed by atoms with van der Waals surface area (Å²) in [7, 11) is 0. The Hall–Kier alpha value is -3.28. The number of ether oxygens (including phenoxy) is 1. The van der Waals surface area contributed by atoms with Crippen LogP contribution in [-0.2, 0) is 4.79 Å². The molecule has 0 bridgehead atoms. The van der Waals surface area contributed by atoms with Crippen LogP contribution in [0.3, 0.4) is 0 Å². The molecular weight excluding hydrogens is 402 g/mol. The number of hydrogen-bond acceptors (Lipinski definition) is 6. The number of para-hydroxylation sites is 1. The Morgan fingerprint density at radius 2 is 2.14 bits per heavy atom. The standard InChI is InChI=1S/C19H12ClN3O4S/c20-14-6-5-12(10-13(14)18(25)26)22-19-23-17(24)16(28-19)9-11-3-1-2-4-15(11)27-8-7-21/h1-6,9-10H,8H2,(H,25,26)(H,22,23,24)/b16-9-. The predicted molar refractivity (Wildman–Crippen MR) is 107 cm³/mol. The lowest BCUT2D eigenvalue weighted by atomic mass is 10.2. The fourth-order valence-electron chi connectivity index (χ4n) is 2.33. The minimum absolute atomic E-state index is 0.0721. The molecule has 1 heterocycles. The molecule has 2 N–H and O–H groups in total. The summed E-state index contributed by atoms with van der Waals surface area (Å²) < 4.78 is 5.36. The van der Waals surface area contributed by atoms with Gasteiger partial charge in [0.15, 0.2) is 11.8 Å². The van der Waals surface area contributed by atoms with Crippen LogP contribution in [0.15, 0.2) is 52.4 Å². The molecule has 7 nitrogen and oxygen atoms in total. The van der Waals surface area contributed by atoms with E-state index in [1.165, 1.54) is 12.1 Å². The van der Waals surface area contributed by atoms with Gasteiger partial charge in [0.25, 0.3) is 5.91 Å². The number of nitriles is 1. The van der Waals surface area contributed by atoms with Gasteiger partial charge in [-0.05, 0) is 42.1 Å². The van der Waals surface area contributed by atoms with Crippen LogP contribution in [0.1, 0.15) is 15.9 Å². The van der Waals surface area contributed by atoms with Crippen molar-refractivity contribution >= 4 is 52.2 Å². The summed E-state index contributed by atoms with van der Waals surface area (Å²) in [4.78, 5) is 28.1. The van der Waals surface area contributed by atoms with Gasteiger partial charge in [0, 0.05) is 5.56 Å². The summed E-state index contributed by atoms with van der Waals surface area (Å²) >= 11 is 6.96. The topological polar surface area (TPSA) is 112 Å². The quantitative estimate of drug-likeness (QED) is 0.720. The van der Waals surface area contributed by atoms with Crippen molar-refractivity contribution < 1.29 is 19.4 Å². The number of carbonyl (C=O) groups is 2. The minimum Gasteiger partial charge on any atom is -0.478 e. The van der Waals surface area contributed by atoms with Gasteiger partial charge in [0.1, 0.15) is 11.8 Å². The van der Waals surface area contributed by atoms with E-state index in [2.05, 4.69) is 10.3 Å². The van der Waals surface area contributed by atoms with Gasteiger partial charge in [0.2, 0.25) is 0 Å². The number of thioether (sulfide) groups is 1. The van der Waals surface area contributed by atoms with Gasteiger partial charge in [-0.1, -0.05) is 29.8 Å². The van der Waals surface area contributed by atoms with Gasteiger partial charge in [-0.15, -0.1) is 0 Å². The average Bonchev–Trinajstić information content (AvgIpc) is 3.01. The van der Waals surface area contributed by atoms with Gasteiger partial charge >= 0.3 is 5.97 Å². The molecule has 0 aliphatic carbocycles. The van der Waals surface area contributed by atoms with Gasteiger partial charge < -0.3 is 15.2 Å². The van der Waals surface area contributed by atoms with E-state index >= 15 is 0 Å². The lowest BCUT2D eigenvalue weighted by Crippen LogP contribution is -2.19. The van der Waals surface area contributed by atoms with E-state index in [9.17, 15) is 9.59 Å². The van der Waals surface area contributed by atoms with Crippen LogP contribution < -0.4 is 10.1 Å². The average molecular weight is 414 g/mol. The summed E-state index contributed by atoms with van der Waals surface area (Å²) in [5, 5.41) is 20.9. The van der Waals surface area contributed by atoms with Crippen LogP contribution in [0.25, 0.3) is 6.08 Å². The number of halogens is 1. The Labute approximate surface area is 169 Å². The number of amidine groups is 1. The van der Waals surface area contributed by atoms with Crippen molar-refractivity contribution in [3.63, 3.8) is 0 Å². The molecule has 1 fully saturated rings. The molecule has 9 heteroatoms. The number of carbonyl (C=O) groups excluding carboxylic acids is 1. The Kier molecular flexibility index (Phi) is 5.99. The molecule has 0 saturated carbocycles. The van der Waals surface area contributed by atoms with E-state index in [0.29, 0.717) is 27.1 Å². The number of aliphatic imine (C=N–C) groups is 1. The first-order chi connectivity index (χ1) is 13.5. The van der Waals surface area contributed by atoms with Gasteiger partial charge in [-0.2, -0.15) is 5.26 Å². The molecule has 1 aliphatic heterocycles. The molecule has 3 rings (SSSR count). The van der Waals surface area contributed by atoms with Crippen molar-refractivity contribution in [2.24, 2.45) is 4.99 Å². The number of nitrogens with one attached hydrogen (secondary N) is 1. The van der Waals surface area contributed by atoms with Crippen molar-refractivity contribution in [1.82, 2.24) is 5.32 Å². The SMILES string of the molecule is N#CCOc1ccccc1/C=C1\SC(=Nc2ccc(Cl)c(C(=O)O)c2)NC1=O. The van der Waals surface area contributed by atoms with Gasteiger partial charge in [-0.3, -0.25) is 4.79 Å². The second-order valence-electron chi connectivity index (χ2n) is 5.44. The number of carboxylic acids is 1. The van der Waals surface area contributed by atoms with Crippen molar-refractivity contribution in [3.05, 3.63) is 63.5 Å². The lowest BCUT2D eigenvalue weighted by Gasteiger charge is -2.05. The van der Waals surface area contributed by atoms with Crippen LogP contribution in [0.5, 0.6) is 5.75 Å². The zero-order chi connectivity index (χ0) is 20.1. The van der Waals surface area contributed by atoms with Gasteiger partial charge in [0.05, 0.1) is 21.2 Å². The molecule has 0 spiro atoms. The van der Waals surface area contributed by atoms with E-state index in [0.717, 1.165) is 11.8 Å². The number of amides is 1. The number of benzene rings is 2. The number of rotatable bonds is 5. The summed E-state index contributed by atoms with van der Waals surface area (Å²) in [6.45, 7) is -0.102. The third-order valence-corrected chi connectivity index (χ3v) is 4.80. The Morgan fingerprint density at radius 1 is 1.36 bits per heavy atom. The molecule has 2 aromatic carbocycles. The highest BCUT2D eigenvalue weighted by molar-refractivity contribution is 8.18. The normalized spacial score (nSPS) is 16.1. The van der Waals surface area contributed by atoms with E-state index in [1.807, 2.05) is 6.07 Å². The zero-order valence-corrected chi connectivity index (χ0v) is 15.8. The third kappa shape index (κ3) is 4.52. The van der Waals surface area contributed by atoms with Crippen LogP contribution in [0, 0.1) is 11.3 Å². The summed E-state index contributed by atoms with van der Waals surface area (Å²) in [5.74, 6) is -1.02. The molecule has 1 saturated heterocycles. The molecule has 28 heavy (non-hydrogen) atoms. The molecule has 1 aliphatic rings. The molecular formula is C19H12ClN3O4S. The number of hydrogen-bond donors (Lipinski definition) is 2. The second kappa shape index (κ2) is 8.61. The highest BCUT2D eigenvalue weighted by Gasteiger charge is 2.24. The first-order valence-electron chi connectivity index (χ1n) is 7.89. The maximum atomic E-state index is 12.2. The molecule has 1 amide bonds. The van der Waals surface area contributed by atoms with Crippen LogP contribution in [-0.4, -0.2) is 28.8 Å². The largest absolute Gasteiger partial charge is 0.478 e. The van der Waals surface area contributed by atoms with Crippen molar-refractivity contribution in [3.8, 4) is 11.8 Å². The van der Waals surface area contributed by atoms with Gasteiger partial charge in [-0.25, -0.2) is 9.79 Å². The van der Waals surface area contributed by atoms with Crippen LogP contribution in [0.2, 0.25) is 5.02 Å². The highest BCUT2D eigenvalue weighted by atomic mass is 35.5. The maximum Gasteiger partial charge on any atom is 0.337 e. The Bertz CT molecular complexity index is 1060. The lowest BCUT2D eigenvalue weighted by molar-refractivity contribution is -0.115. The smallest absolute Gasteiger partial charge is 0.337 e. The Balaban J connectivity index is 1.86. The monoisotopic (exact) mass is 413 g/mol. The summed E-state index contributed by atoms with van der Waals surface area (Å²) in [6.07, 6.45) is 1.64. The molecule has 0 atom stereocenters. The number of nitrogens with zero attached hydrogens (tertiary/aromatic N) is 2.